The first-order valence-electron chi connectivity index (χ1n) is 6.48. The number of hydrazone groups is 1. The second-order valence-electron chi connectivity index (χ2n) is 4.45. The molecule has 4 heteroatoms. The van der Waals surface area contributed by atoms with Crippen molar-refractivity contribution < 1.29 is 4.79 Å². The quantitative estimate of drug-likeness (QED) is 0.654. The summed E-state index contributed by atoms with van der Waals surface area (Å²) in [5, 5.41) is 4.06. The van der Waals surface area contributed by atoms with Crippen molar-refractivity contribution in [2.45, 2.75) is 6.92 Å². The third kappa shape index (κ3) is 5.00. The number of benzene rings is 2. The SMILES string of the molecule is CC(/C=C/c1ccccc1)=N\NC(=O)c1ccc(Br)cc1. The maximum Gasteiger partial charge on any atom is 0.271 e. The largest absolute Gasteiger partial charge is 0.271 e. The lowest BCUT2D eigenvalue weighted by Gasteiger charge is -2.00. The van der Waals surface area contributed by atoms with E-state index >= 15 is 0 Å². The van der Waals surface area contributed by atoms with Gasteiger partial charge in [0.05, 0.1) is 5.71 Å². The molecule has 21 heavy (non-hydrogen) atoms. The van der Waals surface area contributed by atoms with Crippen LogP contribution in [0.3, 0.4) is 0 Å². The maximum atomic E-state index is 11.9. The molecule has 0 aliphatic carbocycles. The average Bonchev–Trinajstić information content (AvgIpc) is 2.52. The fourth-order valence-electron chi connectivity index (χ4n) is 1.62. The zero-order chi connectivity index (χ0) is 15.1. The number of nitrogens with one attached hydrogen (secondary N) is 1. The highest BCUT2D eigenvalue weighted by Gasteiger charge is 2.03. The first kappa shape index (κ1) is 15.2. The van der Waals surface area contributed by atoms with E-state index in [-0.39, 0.29) is 5.91 Å². The van der Waals surface area contributed by atoms with Gasteiger partial charge in [-0.2, -0.15) is 5.10 Å². The molecule has 0 bridgehead atoms. The molecule has 0 aromatic heterocycles. The van der Waals surface area contributed by atoms with E-state index in [1.54, 1.807) is 12.1 Å². The minimum absolute atomic E-state index is 0.227. The van der Waals surface area contributed by atoms with Gasteiger partial charge >= 0.3 is 0 Å². The Hall–Kier alpha value is -2.20. The summed E-state index contributed by atoms with van der Waals surface area (Å²) >= 11 is 3.33. The van der Waals surface area contributed by atoms with Crippen molar-refractivity contribution in [1.82, 2.24) is 5.43 Å². The van der Waals surface area contributed by atoms with Crippen molar-refractivity contribution in [3.8, 4) is 0 Å². The minimum atomic E-state index is -0.227. The molecular formula is C17H15BrN2O. The van der Waals surface area contributed by atoms with Gasteiger partial charge in [0.1, 0.15) is 0 Å². The monoisotopic (exact) mass is 342 g/mol. The number of rotatable bonds is 4. The van der Waals surface area contributed by atoms with Crippen LogP contribution in [0.2, 0.25) is 0 Å². The predicted molar refractivity (Wildman–Crippen MR) is 90.2 cm³/mol. The van der Waals surface area contributed by atoms with E-state index in [1.165, 1.54) is 0 Å². The third-order valence-electron chi connectivity index (χ3n) is 2.76. The van der Waals surface area contributed by atoms with Crippen LogP contribution in [-0.2, 0) is 0 Å². The number of allylic oxidation sites excluding steroid dienone is 1. The normalized spacial score (nSPS) is 11.6. The summed E-state index contributed by atoms with van der Waals surface area (Å²) in [5.41, 5.74) is 4.92. The molecule has 1 N–H and O–H groups in total. The van der Waals surface area contributed by atoms with Gasteiger partial charge in [-0.3, -0.25) is 4.79 Å². The topological polar surface area (TPSA) is 41.5 Å². The fraction of sp³-hybridized carbons (Fsp3) is 0.0588. The lowest BCUT2D eigenvalue weighted by Crippen LogP contribution is -2.18. The first-order chi connectivity index (χ1) is 10.1. The Morgan fingerprint density at radius 2 is 1.76 bits per heavy atom. The molecule has 1 amide bonds. The zero-order valence-electron chi connectivity index (χ0n) is 11.6. The highest BCUT2D eigenvalue weighted by molar-refractivity contribution is 9.10. The Morgan fingerprint density at radius 1 is 1.10 bits per heavy atom. The molecule has 0 fully saturated rings. The summed E-state index contributed by atoms with van der Waals surface area (Å²) in [6.45, 7) is 1.83. The molecule has 2 rings (SSSR count). The Balaban J connectivity index is 1.95. The Morgan fingerprint density at radius 3 is 2.43 bits per heavy atom. The lowest BCUT2D eigenvalue weighted by molar-refractivity contribution is 0.0955. The van der Waals surface area contributed by atoms with Crippen LogP contribution < -0.4 is 5.43 Å². The Kier molecular flexibility index (Phi) is 5.46. The minimum Gasteiger partial charge on any atom is -0.267 e. The van der Waals surface area contributed by atoms with Crippen LogP contribution in [0.5, 0.6) is 0 Å². The molecule has 2 aromatic rings. The number of amides is 1. The van der Waals surface area contributed by atoms with Crippen LogP contribution in [0.15, 0.2) is 70.2 Å². The van der Waals surface area contributed by atoms with Gasteiger partial charge in [-0.05, 0) is 42.8 Å². The average molecular weight is 343 g/mol. The van der Waals surface area contributed by atoms with Gasteiger partial charge in [0.2, 0.25) is 0 Å². The van der Waals surface area contributed by atoms with Crippen LogP contribution >= 0.6 is 15.9 Å². The lowest BCUT2D eigenvalue weighted by atomic mass is 10.2. The number of hydrogen-bond donors (Lipinski definition) is 1. The second-order valence-corrected chi connectivity index (χ2v) is 5.36. The molecule has 0 radical (unpaired) electrons. The fourth-order valence-corrected chi connectivity index (χ4v) is 1.89. The smallest absolute Gasteiger partial charge is 0.267 e. The number of halogens is 1. The number of carbonyl (C=O) groups excluding carboxylic acids is 1. The number of carbonyl (C=O) groups is 1. The summed E-state index contributed by atoms with van der Waals surface area (Å²) in [6, 6.07) is 17.0. The molecule has 0 unspecified atom stereocenters. The standard InChI is InChI=1S/C17H15BrN2O/c1-13(7-8-14-5-3-2-4-6-14)19-20-17(21)15-9-11-16(18)12-10-15/h2-12H,1H3,(H,20,21)/b8-7+,19-13+. The zero-order valence-corrected chi connectivity index (χ0v) is 13.2. The summed E-state index contributed by atoms with van der Waals surface area (Å²) in [4.78, 5) is 11.9. The van der Waals surface area contributed by atoms with E-state index in [9.17, 15) is 4.79 Å². The predicted octanol–water partition coefficient (Wildman–Crippen LogP) is 4.27. The molecule has 106 valence electrons. The van der Waals surface area contributed by atoms with Gasteiger partial charge in [-0.1, -0.05) is 52.3 Å². The van der Waals surface area contributed by atoms with Gasteiger partial charge in [-0.15, -0.1) is 0 Å². The summed E-state index contributed by atoms with van der Waals surface area (Å²) in [6.07, 6.45) is 3.81. The van der Waals surface area contributed by atoms with Crippen molar-refractivity contribution in [2.24, 2.45) is 5.10 Å². The Labute approximate surface area is 132 Å². The molecule has 3 nitrogen and oxygen atoms in total. The molecule has 0 saturated carbocycles. The van der Waals surface area contributed by atoms with Gasteiger partial charge in [-0.25, -0.2) is 5.43 Å². The first-order valence-corrected chi connectivity index (χ1v) is 7.28. The van der Waals surface area contributed by atoms with E-state index in [2.05, 4.69) is 26.5 Å². The highest BCUT2D eigenvalue weighted by Crippen LogP contribution is 2.10. The van der Waals surface area contributed by atoms with Crippen molar-refractivity contribution in [3.05, 3.63) is 76.3 Å². The Bertz CT molecular complexity index is 661. The van der Waals surface area contributed by atoms with E-state index in [1.807, 2.05) is 61.5 Å². The van der Waals surface area contributed by atoms with Crippen LogP contribution in [0.1, 0.15) is 22.8 Å². The van der Waals surface area contributed by atoms with Crippen LogP contribution in [0, 0.1) is 0 Å². The van der Waals surface area contributed by atoms with Crippen molar-refractivity contribution in [2.75, 3.05) is 0 Å². The maximum absolute atomic E-state index is 11.9. The van der Waals surface area contributed by atoms with Crippen molar-refractivity contribution in [3.63, 3.8) is 0 Å². The van der Waals surface area contributed by atoms with Gasteiger partial charge in [0.15, 0.2) is 0 Å². The van der Waals surface area contributed by atoms with E-state index in [4.69, 9.17) is 0 Å². The molecule has 0 aliphatic rings. The van der Waals surface area contributed by atoms with Crippen LogP contribution in [0.4, 0.5) is 0 Å². The summed E-state index contributed by atoms with van der Waals surface area (Å²) in [7, 11) is 0. The summed E-state index contributed by atoms with van der Waals surface area (Å²) < 4.78 is 0.935. The van der Waals surface area contributed by atoms with Gasteiger partial charge < -0.3 is 0 Å². The molecular weight excluding hydrogens is 328 g/mol. The second kappa shape index (κ2) is 7.55. The molecule has 0 atom stereocenters. The van der Waals surface area contributed by atoms with E-state index in [0.29, 0.717) is 5.56 Å². The third-order valence-corrected chi connectivity index (χ3v) is 3.29. The van der Waals surface area contributed by atoms with E-state index < -0.39 is 0 Å². The molecule has 0 heterocycles. The molecule has 0 aliphatic heterocycles. The van der Waals surface area contributed by atoms with Crippen LogP contribution in [0.25, 0.3) is 6.08 Å². The number of hydrogen-bond acceptors (Lipinski definition) is 2. The van der Waals surface area contributed by atoms with Gasteiger partial charge in [0.25, 0.3) is 5.91 Å². The molecule has 2 aromatic carbocycles. The number of nitrogens with zero attached hydrogens (tertiary/aromatic N) is 1. The highest BCUT2D eigenvalue weighted by atomic mass is 79.9. The summed E-state index contributed by atoms with van der Waals surface area (Å²) in [5.74, 6) is -0.227. The van der Waals surface area contributed by atoms with Crippen LogP contribution in [-0.4, -0.2) is 11.6 Å². The van der Waals surface area contributed by atoms with Crippen molar-refractivity contribution >= 4 is 33.6 Å². The van der Waals surface area contributed by atoms with Crippen molar-refractivity contribution in [1.29, 1.82) is 0 Å². The van der Waals surface area contributed by atoms with E-state index in [0.717, 1.165) is 15.7 Å². The van der Waals surface area contributed by atoms with Gasteiger partial charge in [0, 0.05) is 10.0 Å². The molecule has 0 saturated heterocycles. The molecule has 0 spiro atoms.